The van der Waals surface area contributed by atoms with Crippen LogP contribution in [0.4, 0.5) is 16.0 Å². The van der Waals surface area contributed by atoms with Crippen molar-refractivity contribution < 1.29 is 14.1 Å². The van der Waals surface area contributed by atoms with Gasteiger partial charge < -0.3 is 0 Å². The van der Waals surface area contributed by atoms with Crippen molar-refractivity contribution in [3.05, 3.63) is 63.5 Å². The van der Waals surface area contributed by atoms with Crippen molar-refractivity contribution in [3.8, 4) is 0 Å². The average molecular weight is 373 g/mol. The van der Waals surface area contributed by atoms with Crippen LogP contribution in [0.2, 0.25) is 0 Å². The van der Waals surface area contributed by atoms with E-state index < -0.39 is 10.8 Å². The molecule has 0 bridgehead atoms. The maximum atomic E-state index is 12.9. The summed E-state index contributed by atoms with van der Waals surface area (Å²) in [7, 11) is 0. The van der Waals surface area contributed by atoms with Crippen LogP contribution in [0.15, 0.2) is 30.6 Å². The molecule has 0 aliphatic rings. The van der Waals surface area contributed by atoms with Crippen LogP contribution in [0.1, 0.15) is 17.0 Å². The maximum absolute atomic E-state index is 12.9. The molecule has 10 nitrogen and oxygen atoms in total. The molecule has 1 amide bonds. The SMILES string of the molecule is Cc1nn(CC(=O)Nc2ncn(Cc3ccc(F)cc3)n2)c(C)c1[N+](=O)[O-]. The zero-order valence-corrected chi connectivity index (χ0v) is 14.6. The molecule has 1 aromatic carbocycles. The summed E-state index contributed by atoms with van der Waals surface area (Å²) >= 11 is 0. The zero-order chi connectivity index (χ0) is 19.6. The second-order valence-corrected chi connectivity index (χ2v) is 5.87. The third kappa shape index (κ3) is 4.14. The predicted molar refractivity (Wildman–Crippen MR) is 92.5 cm³/mol. The monoisotopic (exact) mass is 373 g/mol. The minimum absolute atomic E-state index is 0.0955. The molecule has 2 heterocycles. The highest BCUT2D eigenvalue weighted by Gasteiger charge is 2.23. The van der Waals surface area contributed by atoms with Gasteiger partial charge in [0.15, 0.2) is 0 Å². The fourth-order valence-electron chi connectivity index (χ4n) is 2.61. The smallest absolute Gasteiger partial charge is 0.292 e. The van der Waals surface area contributed by atoms with Gasteiger partial charge in [0.2, 0.25) is 11.9 Å². The number of rotatable bonds is 6. The van der Waals surface area contributed by atoms with Gasteiger partial charge in [-0.1, -0.05) is 12.1 Å². The molecule has 0 saturated heterocycles. The quantitative estimate of drug-likeness (QED) is 0.520. The number of aryl methyl sites for hydroxylation is 1. The van der Waals surface area contributed by atoms with Gasteiger partial charge in [-0.3, -0.25) is 24.9 Å². The molecule has 0 atom stereocenters. The third-order valence-corrected chi connectivity index (χ3v) is 3.86. The van der Waals surface area contributed by atoms with E-state index in [1.165, 1.54) is 41.7 Å². The van der Waals surface area contributed by atoms with Crippen LogP contribution in [-0.4, -0.2) is 35.4 Å². The van der Waals surface area contributed by atoms with Crippen molar-refractivity contribution in [1.29, 1.82) is 0 Å². The summed E-state index contributed by atoms with van der Waals surface area (Å²) in [5.41, 5.74) is 1.26. The van der Waals surface area contributed by atoms with Crippen LogP contribution in [0.5, 0.6) is 0 Å². The summed E-state index contributed by atoms with van der Waals surface area (Å²) in [4.78, 5) is 26.6. The number of amides is 1. The number of anilines is 1. The number of nitrogens with zero attached hydrogens (tertiary/aromatic N) is 6. The molecule has 0 unspecified atom stereocenters. The Morgan fingerprint density at radius 1 is 1.26 bits per heavy atom. The van der Waals surface area contributed by atoms with Gasteiger partial charge in [-0.15, -0.1) is 5.10 Å². The molecule has 140 valence electrons. The van der Waals surface area contributed by atoms with E-state index in [0.29, 0.717) is 12.2 Å². The Balaban J connectivity index is 1.63. The van der Waals surface area contributed by atoms with Crippen LogP contribution in [-0.2, 0) is 17.9 Å². The molecular weight excluding hydrogens is 357 g/mol. The molecule has 3 rings (SSSR count). The van der Waals surface area contributed by atoms with Gasteiger partial charge in [-0.2, -0.15) is 5.10 Å². The molecule has 0 fully saturated rings. The van der Waals surface area contributed by atoms with Crippen molar-refractivity contribution in [2.24, 2.45) is 0 Å². The summed E-state index contributed by atoms with van der Waals surface area (Å²) in [5, 5.41) is 21.7. The van der Waals surface area contributed by atoms with E-state index >= 15 is 0 Å². The molecule has 1 N–H and O–H groups in total. The lowest BCUT2D eigenvalue weighted by Crippen LogP contribution is -2.21. The van der Waals surface area contributed by atoms with E-state index in [2.05, 4.69) is 20.5 Å². The molecular formula is C16H16FN7O3. The van der Waals surface area contributed by atoms with E-state index in [1.807, 2.05) is 0 Å². The summed E-state index contributed by atoms with van der Waals surface area (Å²) in [6.45, 7) is 3.21. The number of carbonyl (C=O) groups is 1. The first-order valence-electron chi connectivity index (χ1n) is 7.95. The van der Waals surface area contributed by atoms with Gasteiger partial charge in [-0.25, -0.2) is 14.1 Å². The van der Waals surface area contributed by atoms with E-state index in [4.69, 9.17) is 0 Å². The van der Waals surface area contributed by atoms with E-state index in [0.717, 1.165) is 5.56 Å². The molecule has 0 spiro atoms. The summed E-state index contributed by atoms with van der Waals surface area (Å²) in [6, 6.07) is 5.96. The highest BCUT2D eigenvalue weighted by Crippen LogP contribution is 2.21. The fraction of sp³-hybridized carbons (Fsp3) is 0.250. The zero-order valence-electron chi connectivity index (χ0n) is 14.6. The van der Waals surface area contributed by atoms with Crippen molar-refractivity contribution >= 4 is 17.5 Å². The lowest BCUT2D eigenvalue weighted by Gasteiger charge is -2.03. The fourth-order valence-corrected chi connectivity index (χ4v) is 2.61. The molecule has 0 aliphatic heterocycles. The minimum atomic E-state index is -0.523. The maximum Gasteiger partial charge on any atom is 0.312 e. The Kier molecular flexibility index (Phi) is 4.92. The Hall–Kier alpha value is -3.63. The van der Waals surface area contributed by atoms with Gasteiger partial charge in [-0.05, 0) is 31.5 Å². The Labute approximate surface area is 152 Å². The Morgan fingerprint density at radius 3 is 2.59 bits per heavy atom. The number of aromatic nitrogens is 5. The third-order valence-electron chi connectivity index (χ3n) is 3.86. The Morgan fingerprint density at radius 2 is 1.96 bits per heavy atom. The lowest BCUT2D eigenvalue weighted by atomic mass is 10.2. The Bertz CT molecular complexity index is 994. The van der Waals surface area contributed by atoms with Crippen molar-refractivity contribution in [3.63, 3.8) is 0 Å². The predicted octanol–water partition coefficient (Wildman–Crippen LogP) is 1.83. The average Bonchev–Trinajstić information content (AvgIpc) is 3.13. The highest BCUT2D eigenvalue weighted by molar-refractivity contribution is 5.88. The number of nitrogens with one attached hydrogen (secondary N) is 1. The molecule has 0 radical (unpaired) electrons. The van der Waals surface area contributed by atoms with Crippen molar-refractivity contribution in [1.82, 2.24) is 24.5 Å². The van der Waals surface area contributed by atoms with Crippen LogP contribution in [0, 0.1) is 29.8 Å². The number of halogens is 1. The van der Waals surface area contributed by atoms with Crippen LogP contribution in [0.3, 0.4) is 0 Å². The number of nitro groups is 1. The summed E-state index contributed by atoms with van der Waals surface area (Å²) in [5.74, 6) is -0.692. The van der Waals surface area contributed by atoms with E-state index in [-0.39, 0.29) is 29.7 Å². The molecule has 27 heavy (non-hydrogen) atoms. The molecule has 0 saturated carbocycles. The molecule has 0 aliphatic carbocycles. The molecule has 3 aromatic rings. The highest BCUT2D eigenvalue weighted by atomic mass is 19.1. The van der Waals surface area contributed by atoms with Gasteiger partial charge in [0.1, 0.15) is 30.1 Å². The van der Waals surface area contributed by atoms with Crippen molar-refractivity contribution in [2.45, 2.75) is 26.9 Å². The van der Waals surface area contributed by atoms with Gasteiger partial charge >= 0.3 is 5.69 Å². The summed E-state index contributed by atoms with van der Waals surface area (Å²) in [6.07, 6.45) is 1.44. The summed E-state index contributed by atoms with van der Waals surface area (Å²) < 4.78 is 15.7. The topological polar surface area (TPSA) is 121 Å². The van der Waals surface area contributed by atoms with Crippen LogP contribution in [0.25, 0.3) is 0 Å². The second-order valence-electron chi connectivity index (χ2n) is 5.87. The lowest BCUT2D eigenvalue weighted by molar-refractivity contribution is -0.386. The van der Waals surface area contributed by atoms with Crippen molar-refractivity contribution in [2.75, 3.05) is 5.32 Å². The van der Waals surface area contributed by atoms with Gasteiger partial charge in [0.25, 0.3) is 0 Å². The van der Waals surface area contributed by atoms with Gasteiger partial charge in [0.05, 0.1) is 11.5 Å². The number of hydrogen-bond acceptors (Lipinski definition) is 6. The van der Waals surface area contributed by atoms with Crippen LogP contribution < -0.4 is 5.32 Å². The second kappa shape index (κ2) is 7.32. The largest absolute Gasteiger partial charge is 0.312 e. The first kappa shape index (κ1) is 18.2. The van der Waals surface area contributed by atoms with Gasteiger partial charge in [0, 0.05) is 0 Å². The number of carbonyl (C=O) groups excluding carboxylic acids is 1. The first-order chi connectivity index (χ1) is 12.8. The normalized spacial score (nSPS) is 10.8. The minimum Gasteiger partial charge on any atom is -0.292 e. The number of hydrogen-bond donors (Lipinski definition) is 1. The van der Waals surface area contributed by atoms with E-state index in [9.17, 15) is 19.3 Å². The standard InChI is InChI=1S/C16H16FN7O3/c1-10-15(24(26)27)11(2)23(20-10)8-14(25)19-16-18-9-22(21-16)7-12-3-5-13(17)6-4-12/h3-6,9H,7-8H2,1-2H3,(H,19,21,25). The molecule has 11 heteroatoms. The molecule has 2 aromatic heterocycles. The number of benzene rings is 1. The van der Waals surface area contributed by atoms with Crippen LogP contribution >= 0.6 is 0 Å². The van der Waals surface area contributed by atoms with E-state index in [1.54, 1.807) is 12.1 Å². The first-order valence-corrected chi connectivity index (χ1v) is 7.95.